The van der Waals surface area contributed by atoms with Crippen LogP contribution in [-0.4, -0.2) is 140 Å². The van der Waals surface area contributed by atoms with E-state index in [4.69, 9.17) is 18.9 Å². The number of hydrogen-bond donors (Lipinski definition) is 9. The highest BCUT2D eigenvalue weighted by Crippen LogP contribution is 2.30. The fourth-order valence-electron chi connectivity index (χ4n) is 13.3. The molecule has 0 aromatic heterocycles. The summed E-state index contributed by atoms with van der Waals surface area (Å²) in [5.74, 6) is -0.198. The van der Waals surface area contributed by atoms with Crippen molar-refractivity contribution < 1.29 is 64.6 Å². The molecule has 0 spiro atoms. The van der Waals surface area contributed by atoms with Crippen molar-refractivity contribution in [2.45, 2.75) is 447 Å². The summed E-state index contributed by atoms with van der Waals surface area (Å²) in [7, 11) is 0. The molecule has 1 amide bonds. The summed E-state index contributed by atoms with van der Waals surface area (Å²) >= 11 is 0. The number of aliphatic hydroxyl groups excluding tert-OH is 8. The first-order valence-corrected chi connectivity index (χ1v) is 38.9. The topological polar surface area (TPSA) is 228 Å². The molecule has 534 valence electrons. The monoisotopic (exact) mass is 1280 g/mol. The third-order valence-electron chi connectivity index (χ3n) is 19.5. The van der Waals surface area contributed by atoms with Crippen LogP contribution in [0.4, 0.5) is 0 Å². The van der Waals surface area contributed by atoms with E-state index in [0.29, 0.717) is 12.8 Å². The van der Waals surface area contributed by atoms with E-state index in [9.17, 15) is 45.6 Å². The first-order chi connectivity index (χ1) is 44.1. The number of nitrogens with one attached hydrogen (secondary N) is 1. The van der Waals surface area contributed by atoms with Crippen molar-refractivity contribution in [3.05, 3.63) is 12.2 Å². The predicted molar refractivity (Wildman–Crippen MR) is 369 cm³/mol. The molecule has 0 aromatic carbocycles. The summed E-state index contributed by atoms with van der Waals surface area (Å²) in [5, 5.41) is 87.6. The zero-order valence-corrected chi connectivity index (χ0v) is 58.4. The van der Waals surface area contributed by atoms with Gasteiger partial charge < -0.3 is 65.1 Å². The second-order valence-electron chi connectivity index (χ2n) is 27.8. The Labute approximate surface area is 552 Å². The second kappa shape index (κ2) is 61.3. The van der Waals surface area contributed by atoms with E-state index in [0.717, 1.165) is 51.4 Å². The number of rotatable bonds is 66. The molecule has 12 unspecified atom stereocenters. The van der Waals surface area contributed by atoms with Gasteiger partial charge in [0.25, 0.3) is 0 Å². The highest BCUT2D eigenvalue weighted by atomic mass is 16.7. The molecule has 2 aliphatic rings. The Morgan fingerprint density at radius 2 is 0.700 bits per heavy atom. The molecule has 12 atom stereocenters. The van der Waals surface area contributed by atoms with E-state index >= 15 is 0 Å². The summed E-state index contributed by atoms with van der Waals surface area (Å²) in [6.07, 6.45) is 59.9. The maximum absolute atomic E-state index is 13.3. The number of allylic oxidation sites excluding steroid dienone is 2. The van der Waals surface area contributed by atoms with Gasteiger partial charge in [-0.05, 0) is 38.5 Å². The molecular formula is C76H147NO13. The fourth-order valence-corrected chi connectivity index (χ4v) is 13.3. The summed E-state index contributed by atoms with van der Waals surface area (Å²) in [6.45, 7) is 2.91. The van der Waals surface area contributed by atoms with E-state index in [1.807, 2.05) is 0 Å². The number of carbonyl (C=O) groups excluding carboxylic acids is 1. The van der Waals surface area contributed by atoms with Crippen LogP contribution >= 0.6 is 0 Å². The van der Waals surface area contributed by atoms with Crippen LogP contribution in [0, 0.1) is 0 Å². The van der Waals surface area contributed by atoms with Crippen LogP contribution < -0.4 is 5.32 Å². The van der Waals surface area contributed by atoms with Gasteiger partial charge in [0.15, 0.2) is 12.6 Å². The van der Waals surface area contributed by atoms with Gasteiger partial charge in [0.05, 0.1) is 32.0 Å². The average Bonchev–Trinajstić information content (AvgIpc) is 1.58. The molecule has 2 heterocycles. The van der Waals surface area contributed by atoms with Crippen LogP contribution in [0.25, 0.3) is 0 Å². The fraction of sp³-hybridized carbons (Fsp3) is 0.961. The SMILES string of the molecule is CCCCCCCCCC/C=C\CCCCCCCCCCCCCCCCCCCCCCCCCCCCCCCC(=O)NC(COC1OC(CO)C(OC2OC(CO)C(O)C(O)C2O)C(O)C1O)C(O)CCCCCCCCCCCCCCCCC. The first-order valence-electron chi connectivity index (χ1n) is 38.9. The van der Waals surface area contributed by atoms with E-state index in [-0.39, 0.29) is 12.5 Å². The summed E-state index contributed by atoms with van der Waals surface area (Å²) < 4.78 is 22.9. The highest BCUT2D eigenvalue weighted by Gasteiger charge is 2.51. The molecular weight excluding hydrogens is 1130 g/mol. The molecule has 14 nitrogen and oxygen atoms in total. The largest absolute Gasteiger partial charge is 0.394 e. The first kappa shape index (κ1) is 84.8. The van der Waals surface area contributed by atoms with E-state index < -0.39 is 86.8 Å². The zero-order valence-electron chi connectivity index (χ0n) is 58.4. The minimum absolute atomic E-state index is 0.198. The Morgan fingerprint density at radius 3 is 1.06 bits per heavy atom. The van der Waals surface area contributed by atoms with E-state index in [1.54, 1.807) is 0 Å². The zero-order chi connectivity index (χ0) is 65.2. The number of aliphatic hydroxyl groups is 8. The standard InChI is InChI=1S/C76H147NO13/c1-3-5-7-9-11-13-15-17-19-20-21-22-23-24-25-26-27-28-29-30-31-32-33-34-35-36-37-38-39-40-41-42-43-44-46-48-50-52-54-56-58-60-68(81)77-64(65(80)59-57-55-53-51-49-47-45-18-16-14-12-10-8-6-4-2)63-87-75-73(86)71(84)74(67(62-79)89-75)90-76-72(85)70(83)69(82)66(61-78)88-76/h20-21,64-67,69-76,78-80,82-86H,3-19,22-63H2,1-2H3,(H,77,81)/b21-20-. The Morgan fingerprint density at radius 1 is 0.389 bits per heavy atom. The van der Waals surface area contributed by atoms with E-state index in [2.05, 4.69) is 31.3 Å². The van der Waals surface area contributed by atoms with Gasteiger partial charge in [-0.2, -0.15) is 0 Å². The van der Waals surface area contributed by atoms with Crippen molar-refractivity contribution >= 4 is 5.91 Å². The van der Waals surface area contributed by atoms with E-state index in [1.165, 1.54) is 295 Å². The highest BCUT2D eigenvalue weighted by molar-refractivity contribution is 5.76. The Kier molecular flexibility index (Phi) is 57.8. The minimum atomic E-state index is -1.78. The lowest BCUT2D eigenvalue weighted by Gasteiger charge is -2.46. The van der Waals surface area contributed by atoms with Crippen LogP contribution in [0.5, 0.6) is 0 Å². The van der Waals surface area contributed by atoms with Gasteiger partial charge in [0.2, 0.25) is 5.91 Å². The quantitative estimate of drug-likeness (QED) is 0.0204. The van der Waals surface area contributed by atoms with Crippen molar-refractivity contribution in [3.63, 3.8) is 0 Å². The number of hydrogen-bond acceptors (Lipinski definition) is 13. The van der Waals surface area contributed by atoms with Gasteiger partial charge in [-0.3, -0.25) is 4.79 Å². The van der Waals surface area contributed by atoms with Crippen LogP contribution in [0.2, 0.25) is 0 Å². The molecule has 90 heavy (non-hydrogen) atoms. The lowest BCUT2D eigenvalue weighted by molar-refractivity contribution is -0.359. The molecule has 2 saturated heterocycles. The van der Waals surface area contributed by atoms with Gasteiger partial charge in [0, 0.05) is 6.42 Å². The number of unbranched alkanes of at least 4 members (excludes halogenated alkanes) is 51. The Hall–Kier alpha value is -1.27. The number of ether oxygens (including phenoxy) is 4. The van der Waals surface area contributed by atoms with Gasteiger partial charge in [0.1, 0.15) is 48.8 Å². The molecule has 14 heteroatoms. The second-order valence-corrected chi connectivity index (χ2v) is 27.8. The van der Waals surface area contributed by atoms with Gasteiger partial charge in [-0.25, -0.2) is 0 Å². The molecule has 2 rings (SSSR count). The Balaban J connectivity index is 1.51. The smallest absolute Gasteiger partial charge is 0.220 e. The summed E-state index contributed by atoms with van der Waals surface area (Å²) in [6, 6.07) is -0.825. The molecule has 0 aromatic rings. The molecule has 0 bridgehead atoms. The van der Waals surface area contributed by atoms with Crippen molar-refractivity contribution in [1.29, 1.82) is 0 Å². The lowest BCUT2D eigenvalue weighted by atomic mass is 9.97. The molecule has 0 saturated carbocycles. The molecule has 0 aliphatic carbocycles. The van der Waals surface area contributed by atoms with Crippen LogP contribution in [0.15, 0.2) is 12.2 Å². The third kappa shape index (κ3) is 44.5. The molecule has 0 radical (unpaired) electrons. The molecule has 2 fully saturated rings. The maximum Gasteiger partial charge on any atom is 0.220 e. The van der Waals surface area contributed by atoms with Crippen LogP contribution in [0.3, 0.4) is 0 Å². The lowest BCUT2D eigenvalue weighted by Crippen LogP contribution is -2.65. The minimum Gasteiger partial charge on any atom is -0.394 e. The number of amides is 1. The summed E-state index contributed by atoms with van der Waals surface area (Å²) in [4.78, 5) is 13.3. The predicted octanol–water partition coefficient (Wildman–Crippen LogP) is 16.9. The van der Waals surface area contributed by atoms with Crippen LogP contribution in [0.1, 0.15) is 373 Å². The average molecular weight is 1280 g/mol. The van der Waals surface area contributed by atoms with Gasteiger partial charge in [-0.1, -0.05) is 341 Å². The van der Waals surface area contributed by atoms with Crippen molar-refractivity contribution in [3.8, 4) is 0 Å². The normalized spacial score (nSPS) is 22.9. The summed E-state index contributed by atoms with van der Waals surface area (Å²) in [5.41, 5.74) is 0. The Bertz CT molecular complexity index is 1560. The maximum atomic E-state index is 13.3. The van der Waals surface area contributed by atoms with Crippen molar-refractivity contribution in [1.82, 2.24) is 5.32 Å². The molecule has 2 aliphatic heterocycles. The van der Waals surface area contributed by atoms with Crippen molar-refractivity contribution in [2.75, 3.05) is 19.8 Å². The van der Waals surface area contributed by atoms with Gasteiger partial charge in [-0.15, -0.1) is 0 Å². The van der Waals surface area contributed by atoms with Crippen molar-refractivity contribution in [2.24, 2.45) is 0 Å². The molecule has 9 N–H and O–H groups in total. The third-order valence-corrected chi connectivity index (χ3v) is 19.5. The van der Waals surface area contributed by atoms with Crippen LogP contribution in [-0.2, 0) is 23.7 Å². The van der Waals surface area contributed by atoms with Gasteiger partial charge >= 0.3 is 0 Å². The number of carbonyl (C=O) groups is 1.